The molecule has 4 rings (SSSR count). The summed E-state index contributed by atoms with van der Waals surface area (Å²) in [5, 5.41) is 8.13. The molecule has 9 heteroatoms. The number of nitrogens with zero attached hydrogens (tertiary/aromatic N) is 5. The van der Waals surface area contributed by atoms with Crippen LogP contribution in [0.3, 0.4) is 0 Å². The van der Waals surface area contributed by atoms with Crippen LogP contribution in [0.25, 0.3) is 22.3 Å². The molecule has 0 unspecified atom stereocenters. The van der Waals surface area contributed by atoms with Crippen molar-refractivity contribution in [2.24, 2.45) is 5.92 Å². The van der Waals surface area contributed by atoms with Crippen molar-refractivity contribution in [1.29, 1.82) is 0 Å². The van der Waals surface area contributed by atoms with Crippen LogP contribution in [0.15, 0.2) is 24.5 Å². The molecule has 1 aliphatic rings. The molecule has 3 aromatic rings. The number of pyridine rings is 1. The number of aryl methyl sites for hydroxylation is 2. The highest BCUT2D eigenvalue weighted by atomic mass is 19.3. The molecule has 0 aromatic carbocycles. The number of hydrogen-bond acceptors (Lipinski definition) is 3. The zero-order chi connectivity index (χ0) is 20.1. The molecule has 146 valence electrons. The Bertz CT molecular complexity index is 1000. The van der Waals surface area contributed by atoms with E-state index in [4.69, 9.17) is 0 Å². The first kappa shape index (κ1) is 19.2. The van der Waals surface area contributed by atoms with Gasteiger partial charge in [0.1, 0.15) is 15.7 Å². The van der Waals surface area contributed by atoms with Gasteiger partial charge in [-0.05, 0) is 50.1 Å². The molecule has 0 amide bonds. The molecular formula is C19H25B2F2N5. The smallest absolute Gasteiger partial charge is 0.248 e. The minimum Gasteiger partial charge on any atom is -0.356 e. The van der Waals surface area contributed by atoms with Gasteiger partial charge in [-0.25, -0.2) is 13.5 Å². The highest BCUT2D eigenvalue weighted by Gasteiger charge is 2.41. The van der Waals surface area contributed by atoms with Crippen LogP contribution in [0.1, 0.15) is 38.3 Å². The summed E-state index contributed by atoms with van der Waals surface area (Å²) in [7, 11) is 4.30. The second-order valence-corrected chi connectivity index (χ2v) is 8.44. The first-order valence-electron chi connectivity index (χ1n) is 9.99. The Balaban J connectivity index is 1.75. The quantitative estimate of drug-likeness (QED) is 0.650. The van der Waals surface area contributed by atoms with Gasteiger partial charge in [-0.1, -0.05) is 5.21 Å². The van der Waals surface area contributed by atoms with E-state index in [9.17, 15) is 8.78 Å². The van der Waals surface area contributed by atoms with Crippen LogP contribution >= 0.6 is 0 Å². The van der Waals surface area contributed by atoms with E-state index in [1.165, 1.54) is 0 Å². The third-order valence-electron chi connectivity index (χ3n) is 6.35. The molecule has 0 aliphatic heterocycles. The summed E-state index contributed by atoms with van der Waals surface area (Å²) in [5.74, 6) is -2.31. The van der Waals surface area contributed by atoms with Crippen molar-refractivity contribution >= 4 is 26.7 Å². The Labute approximate surface area is 165 Å². The molecule has 3 aromatic heterocycles. The predicted molar refractivity (Wildman–Crippen MR) is 111 cm³/mol. The molecule has 3 heterocycles. The standard InChI is InChI=1S/C19H25B2F2N5/c1-3-28-17(12(2)25-26-28)13-10-16-15(24-11-13)6-9-27(16)19(20,21)14-4-7-18(22,23)8-5-14/h6,9-11,14H,3-5,7-8,20-21H2,1-2H3. The van der Waals surface area contributed by atoms with Crippen molar-refractivity contribution < 1.29 is 8.78 Å². The number of aromatic nitrogens is 5. The van der Waals surface area contributed by atoms with Crippen molar-refractivity contribution in [2.45, 2.75) is 57.3 Å². The van der Waals surface area contributed by atoms with Gasteiger partial charge in [0.2, 0.25) is 5.92 Å². The Morgan fingerprint density at radius 1 is 1.29 bits per heavy atom. The molecular weight excluding hydrogens is 358 g/mol. The zero-order valence-electron chi connectivity index (χ0n) is 16.9. The molecule has 1 aliphatic carbocycles. The van der Waals surface area contributed by atoms with Crippen LogP contribution in [-0.2, 0) is 11.9 Å². The van der Waals surface area contributed by atoms with Gasteiger partial charge in [0.05, 0.1) is 22.4 Å². The molecule has 0 saturated heterocycles. The van der Waals surface area contributed by atoms with Gasteiger partial charge in [0.25, 0.3) is 0 Å². The number of hydrogen-bond donors (Lipinski definition) is 0. The van der Waals surface area contributed by atoms with Gasteiger partial charge in [0.15, 0.2) is 0 Å². The van der Waals surface area contributed by atoms with Gasteiger partial charge in [-0.3, -0.25) is 4.98 Å². The van der Waals surface area contributed by atoms with Gasteiger partial charge in [0, 0.05) is 37.3 Å². The summed E-state index contributed by atoms with van der Waals surface area (Å²) in [6, 6.07) is 4.12. The Morgan fingerprint density at radius 3 is 2.68 bits per heavy atom. The van der Waals surface area contributed by atoms with Gasteiger partial charge >= 0.3 is 0 Å². The predicted octanol–water partition coefficient (Wildman–Crippen LogP) is 2.33. The number of fused-ring (bicyclic) bond motifs is 1. The summed E-state index contributed by atoms with van der Waals surface area (Å²) < 4.78 is 31.4. The van der Waals surface area contributed by atoms with Crippen LogP contribution in [0.5, 0.6) is 0 Å². The molecule has 0 spiro atoms. The van der Waals surface area contributed by atoms with Crippen molar-refractivity contribution in [3.8, 4) is 11.3 Å². The summed E-state index contributed by atoms with van der Waals surface area (Å²) in [4.78, 5) is 4.65. The lowest BCUT2D eigenvalue weighted by atomic mass is 9.52. The van der Waals surface area contributed by atoms with Gasteiger partial charge in [-0.15, -0.1) is 5.10 Å². The maximum absolute atomic E-state index is 13.6. The van der Waals surface area contributed by atoms with Crippen LogP contribution in [0, 0.1) is 12.8 Å². The zero-order valence-corrected chi connectivity index (χ0v) is 16.9. The number of halogens is 2. The summed E-state index contributed by atoms with van der Waals surface area (Å²) >= 11 is 0. The van der Waals surface area contributed by atoms with Crippen LogP contribution in [-0.4, -0.2) is 46.2 Å². The Morgan fingerprint density at radius 2 is 2.00 bits per heavy atom. The third-order valence-corrected chi connectivity index (χ3v) is 6.35. The lowest BCUT2D eigenvalue weighted by molar-refractivity contribution is -0.0498. The Kier molecular flexibility index (Phi) is 4.59. The second-order valence-electron chi connectivity index (χ2n) is 8.44. The van der Waals surface area contributed by atoms with Crippen molar-refractivity contribution in [3.63, 3.8) is 0 Å². The first-order chi connectivity index (χ1) is 13.2. The van der Waals surface area contributed by atoms with E-state index in [-0.39, 0.29) is 24.1 Å². The largest absolute Gasteiger partial charge is 0.356 e. The highest BCUT2D eigenvalue weighted by molar-refractivity contribution is 6.38. The SMILES string of the molecule is BC(B)(C1CCC(F)(F)CC1)n1ccc2ncc(-c3c(C)nnn3CC)cc21. The van der Waals surface area contributed by atoms with E-state index in [0.717, 1.165) is 34.5 Å². The fourth-order valence-corrected chi connectivity index (χ4v) is 4.57. The van der Waals surface area contributed by atoms with Crippen molar-refractivity contribution in [2.75, 3.05) is 0 Å². The van der Waals surface area contributed by atoms with E-state index >= 15 is 0 Å². The van der Waals surface area contributed by atoms with Crippen LogP contribution in [0.2, 0.25) is 0 Å². The average Bonchev–Trinajstić information content (AvgIpc) is 3.24. The molecule has 0 N–H and O–H groups in total. The monoisotopic (exact) mass is 383 g/mol. The summed E-state index contributed by atoms with van der Waals surface area (Å²) in [6.45, 7) is 4.72. The lowest BCUT2D eigenvalue weighted by Gasteiger charge is -2.41. The second kappa shape index (κ2) is 6.71. The number of alkyl halides is 2. The molecule has 1 saturated carbocycles. The fourth-order valence-electron chi connectivity index (χ4n) is 4.57. The molecule has 1 fully saturated rings. The summed E-state index contributed by atoms with van der Waals surface area (Å²) in [6.07, 6.45) is 4.93. The maximum atomic E-state index is 13.6. The van der Waals surface area contributed by atoms with E-state index in [0.29, 0.717) is 12.8 Å². The maximum Gasteiger partial charge on any atom is 0.248 e. The highest BCUT2D eigenvalue weighted by Crippen LogP contribution is 2.42. The molecule has 0 atom stereocenters. The fraction of sp³-hybridized carbons (Fsp3) is 0.526. The minimum atomic E-state index is -2.51. The lowest BCUT2D eigenvalue weighted by Crippen LogP contribution is -2.45. The molecule has 28 heavy (non-hydrogen) atoms. The third kappa shape index (κ3) is 3.14. The van der Waals surface area contributed by atoms with E-state index in [1.54, 1.807) is 0 Å². The first-order valence-corrected chi connectivity index (χ1v) is 9.99. The topological polar surface area (TPSA) is 48.5 Å². The average molecular weight is 383 g/mol. The van der Waals surface area contributed by atoms with Gasteiger partial charge < -0.3 is 4.57 Å². The normalized spacial score (nSPS) is 18.0. The van der Waals surface area contributed by atoms with E-state index in [2.05, 4.69) is 41.6 Å². The van der Waals surface area contributed by atoms with Crippen molar-refractivity contribution in [3.05, 3.63) is 30.2 Å². The van der Waals surface area contributed by atoms with Crippen LogP contribution < -0.4 is 0 Å². The van der Waals surface area contributed by atoms with Gasteiger partial charge in [-0.2, -0.15) is 0 Å². The number of rotatable bonds is 4. The molecule has 5 nitrogen and oxygen atoms in total. The molecule has 0 bridgehead atoms. The van der Waals surface area contributed by atoms with E-state index < -0.39 is 5.92 Å². The van der Waals surface area contributed by atoms with Crippen molar-refractivity contribution in [1.82, 2.24) is 24.5 Å². The minimum absolute atomic E-state index is 0.0235. The van der Waals surface area contributed by atoms with E-state index in [1.807, 2.05) is 37.0 Å². The summed E-state index contributed by atoms with van der Waals surface area (Å²) in [5.41, 5.74) is 4.74. The molecule has 0 radical (unpaired) electrons. The van der Waals surface area contributed by atoms with Crippen LogP contribution in [0.4, 0.5) is 8.78 Å². The Hall–Kier alpha value is -2.18.